The summed E-state index contributed by atoms with van der Waals surface area (Å²) in [6, 6.07) is 0. The third-order valence-corrected chi connectivity index (χ3v) is 1.14. The lowest BCUT2D eigenvalue weighted by Crippen LogP contribution is -1.90. The third-order valence-electron chi connectivity index (χ3n) is 1.14. The van der Waals surface area contributed by atoms with Gasteiger partial charge in [-0.2, -0.15) is 0 Å². The monoisotopic (exact) mass is 125 g/mol. The number of hydrogen-bond donors (Lipinski definition) is 0. The van der Waals surface area contributed by atoms with E-state index >= 15 is 0 Å². The van der Waals surface area contributed by atoms with Gasteiger partial charge in [-0.15, -0.1) is 6.58 Å². The molecule has 0 saturated carbocycles. The predicted molar refractivity (Wildman–Crippen MR) is 43.1 cm³/mol. The highest BCUT2D eigenvalue weighted by atomic mass is 14.7. The maximum atomic E-state index is 4.23. The van der Waals surface area contributed by atoms with Crippen LogP contribution in [0.15, 0.2) is 17.6 Å². The number of rotatable bonds is 4. The Kier molecular flexibility index (Phi) is 5.18. The molecule has 0 N–H and O–H groups in total. The van der Waals surface area contributed by atoms with Crippen LogP contribution in [0.1, 0.15) is 26.7 Å². The van der Waals surface area contributed by atoms with Gasteiger partial charge in [-0.25, -0.2) is 0 Å². The Hall–Kier alpha value is -0.590. The van der Waals surface area contributed by atoms with Gasteiger partial charge in [0.05, 0.1) is 0 Å². The van der Waals surface area contributed by atoms with Crippen molar-refractivity contribution in [3.63, 3.8) is 0 Å². The minimum atomic E-state index is 0.906. The average molecular weight is 125 g/mol. The van der Waals surface area contributed by atoms with Crippen LogP contribution in [0.5, 0.6) is 0 Å². The first-order chi connectivity index (χ1) is 4.31. The Morgan fingerprint density at radius 2 is 2.33 bits per heavy atom. The molecule has 9 heavy (non-hydrogen) atoms. The van der Waals surface area contributed by atoms with Gasteiger partial charge in [-0.05, 0) is 26.7 Å². The van der Waals surface area contributed by atoms with E-state index in [1.807, 2.05) is 6.08 Å². The lowest BCUT2D eigenvalue weighted by atomic mass is 10.2. The van der Waals surface area contributed by atoms with E-state index in [2.05, 4.69) is 25.4 Å². The number of allylic oxidation sites excluding steroid dienone is 1. The highest BCUT2D eigenvalue weighted by Gasteiger charge is 1.85. The first-order valence-electron chi connectivity index (χ1n) is 3.42. The Bertz CT molecular complexity index is 103. The molecule has 0 heterocycles. The Morgan fingerprint density at radius 1 is 1.67 bits per heavy atom. The smallest absolute Gasteiger partial charge is 0.0360 e. The largest absolute Gasteiger partial charge is 0.295 e. The van der Waals surface area contributed by atoms with Gasteiger partial charge in [0, 0.05) is 12.3 Å². The molecule has 0 spiro atoms. The normalized spacial score (nSPS) is 11.6. The summed E-state index contributed by atoms with van der Waals surface area (Å²) in [5, 5.41) is 0. The minimum Gasteiger partial charge on any atom is -0.295 e. The second kappa shape index (κ2) is 5.54. The van der Waals surface area contributed by atoms with E-state index in [4.69, 9.17) is 0 Å². The number of nitrogens with zero attached hydrogens (tertiary/aromatic N) is 1. The van der Waals surface area contributed by atoms with E-state index in [1.54, 1.807) is 0 Å². The van der Waals surface area contributed by atoms with Gasteiger partial charge >= 0.3 is 0 Å². The number of hydrogen-bond acceptors (Lipinski definition) is 1. The molecule has 0 unspecified atom stereocenters. The molecule has 0 aliphatic heterocycles. The van der Waals surface area contributed by atoms with Crippen LogP contribution in [-0.4, -0.2) is 12.3 Å². The molecule has 0 rings (SSSR count). The van der Waals surface area contributed by atoms with Crippen molar-refractivity contribution in [3.8, 4) is 0 Å². The molecule has 0 fully saturated rings. The van der Waals surface area contributed by atoms with Gasteiger partial charge in [0.15, 0.2) is 0 Å². The van der Waals surface area contributed by atoms with Crippen LogP contribution < -0.4 is 0 Å². The second-order valence-electron chi connectivity index (χ2n) is 2.04. The van der Waals surface area contributed by atoms with E-state index < -0.39 is 0 Å². The van der Waals surface area contributed by atoms with Crippen LogP contribution >= 0.6 is 0 Å². The van der Waals surface area contributed by atoms with Gasteiger partial charge in [0.25, 0.3) is 0 Å². The van der Waals surface area contributed by atoms with Crippen LogP contribution in [0, 0.1) is 0 Å². The van der Waals surface area contributed by atoms with Gasteiger partial charge in [-0.1, -0.05) is 6.08 Å². The molecular weight excluding hydrogens is 110 g/mol. The highest BCUT2D eigenvalue weighted by Crippen LogP contribution is 1.92. The fourth-order valence-corrected chi connectivity index (χ4v) is 0.660. The molecule has 0 radical (unpaired) electrons. The van der Waals surface area contributed by atoms with Gasteiger partial charge in [-0.3, -0.25) is 4.99 Å². The maximum absolute atomic E-state index is 4.23. The van der Waals surface area contributed by atoms with Gasteiger partial charge in [0.1, 0.15) is 0 Å². The Balaban J connectivity index is 3.36. The summed E-state index contributed by atoms with van der Waals surface area (Å²) in [6.45, 7) is 8.66. The zero-order chi connectivity index (χ0) is 7.11. The molecule has 0 saturated heterocycles. The van der Waals surface area contributed by atoms with Crippen LogP contribution in [0.4, 0.5) is 0 Å². The van der Waals surface area contributed by atoms with Gasteiger partial charge in [0.2, 0.25) is 0 Å². The van der Waals surface area contributed by atoms with Crippen LogP contribution in [-0.2, 0) is 0 Å². The predicted octanol–water partition coefficient (Wildman–Crippen LogP) is 2.43. The van der Waals surface area contributed by atoms with Crippen molar-refractivity contribution in [1.29, 1.82) is 0 Å². The SMILES string of the molecule is C=CCCC(C)=NCC. The second-order valence-corrected chi connectivity index (χ2v) is 2.04. The lowest BCUT2D eigenvalue weighted by Gasteiger charge is -1.93. The summed E-state index contributed by atoms with van der Waals surface area (Å²) in [6.07, 6.45) is 4.04. The maximum Gasteiger partial charge on any atom is 0.0360 e. The lowest BCUT2D eigenvalue weighted by molar-refractivity contribution is 1.04. The van der Waals surface area contributed by atoms with E-state index in [9.17, 15) is 0 Å². The molecule has 0 aromatic heterocycles. The summed E-state index contributed by atoms with van der Waals surface area (Å²) >= 11 is 0. The summed E-state index contributed by atoms with van der Waals surface area (Å²) in [5.74, 6) is 0. The quantitative estimate of drug-likeness (QED) is 0.404. The minimum absolute atomic E-state index is 0.906. The van der Waals surface area contributed by atoms with Crippen LogP contribution in [0.2, 0.25) is 0 Å². The van der Waals surface area contributed by atoms with E-state index in [1.165, 1.54) is 5.71 Å². The van der Waals surface area contributed by atoms with Crippen molar-refractivity contribution in [2.75, 3.05) is 6.54 Å². The zero-order valence-electron chi connectivity index (χ0n) is 6.35. The molecule has 0 bridgehead atoms. The van der Waals surface area contributed by atoms with Crippen LogP contribution in [0.3, 0.4) is 0 Å². The molecule has 0 aliphatic carbocycles. The molecule has 52 valence electrons. The summed E-state index contributed by atoms with van der Waals surface area (Å²) < 4.78 is 0. The molecule has 0 aromatic carbocycles. The summed E-state index contributed by atoms with van der Waals surface area (Å²) in [4.78, 5) is 4.23. The molecule has 0 aromatic rings. The molecule has 0 amide bonds. The fraction of sp³-hybridized carbons (Fsp3) is 0.625. The van der Waals surface area contributed by atoms with Crippen molar-refractivity contribution in [2.45, 2.75) is 26.7 Å². The van der Waals surface area contributed by atoms with Crippen molar-refractivity contribution in [1.82, 2.24) is 0 Å². The first-order valence-corrected chi connectivity index (χ1v) is 3.42. The average Bonchev–Trinajstić information content (AvgIpc) is 1.85. The molecule has 1 heteroatoms. The molecule has 0 aliphatic rings. The van der Waals surface area contributed by atoms with E-state index in [0.717, 1.165) is 19.4 Å². The molecule has 1 nitrogen and oxygen atoms in total. The van der Waals surface area contributed by atoms with Crippen LogP contribution in [0.25, 0.3) is 0 Å². The van der Waals surface area contributed by atoms with Crippen molar-refractivity contribution < 1.29 is 0 Å². The fourth-order valence-electron chi connectivity index (χ4n) is 0.660. The van der Waals surface area contributed by atoms with Crippen molar-refractivity contribution in [2.24, 2.45) is 4.99 Å². The Morgan fingerprint density at radius 3 is 2.78 bits per heavy atom. The third kappa shape index (κ3) is 5.28. The highest BCUT2D eigenvalue weighted by molar-refractivity contribution is 5.81. The summed E-state index contributed by atoms with van der Waals surface area (Å²) in [5.41, 5.74) is 1.23. The topological polar surface area (TPSA) is 12.4 Å². The van der Waals surface area contributed by atoms with Crippen molar-refractivity contribution >= 4 is 5.71 Å². The van der Waals surface area contributed by atoms with E-state index in [0.29, 0.717) is 0 Å². The van der Waals surface area contributed by atoms with E-state index in [-0.39, 0.29) is 0 Å². The molecule has 0 atom stereocenters. The zero-order valence-corrected chi connectivity index (χ0v) is 6.35. The summed E-state index contributed by atoms with van der Waals surface area (Å²) in [7, 11) is 0. The first kappa shape index (κ1) is 8.41. The van der Waals surface area contributed by atoms with Crippen molar-refractivity contribution in [3.05, 3.63) is 12.7 Å². The Labute approximate surface area is 57.5 Å². The van der Waals surface area contributed by atoms with Gasteiger partial charge < -0.3 is 0 Å². The number of aliphatic imine (C=N–C) groups is 1. The standard InChI is InChI=1S/C8H15N/c1-4-6-7-8(3)9-5-2/h4H,1,5-7H2,2-3H3. The molecular formula is C8H15N.